The first kappa shape index (κ1) is 18.6. The highest BCUT2D eigenvalue weighted by Crippen LogP contribution is 2.43. The molecule has 1 aliphatic carbocycles. The van der Waals surface area contributed by atoms with Crippen molar-refractivity contribution in [3.8, 4) is 0 Å². The van der Waals surface area contributed by atoms with Crippen molar-refractivity contribution < 1.29 is 19.4 Å². The average Bonchev–Trinajstić information content (AvgIpc) is 3.11. The number of amides is 1. The summed E-state index contributed by atoms with van der Waals surface area (Å²) in [6.45, 7) is 3.91. The predicted octanol–water partition coefficient (Wildman–Crippen LogP) is 1.84. The van der Waals surface area contributed by atoms with Crippen LogP contribution in [-0.4, -0.2) is 73.2 Å². The number of carbonyl (C=O) groups is 2. The van der Waals surface area contributed by atoms with Crippen LogP contribution in [0.1, 0.15) is 44.9 Å². The van der Waals surface area contributed by atoms with Crippen molar-refractivity contribution in [3.63, 3.8) is 0 Å². The number of methoxy groups -OCH3 is 1. The molecule has 0 aromatic rings. The fourth-order valence-electron chi connectivity index (χ4n) is 5.03. The lowest BCUT2D eigenvalue weighted by atomic mass is 9.81. The molecule has 25 heavy (non-hydrogen) atoms. The highest BCUT2D eigenvalue weighted by Gasteiger charge is 2.58. The molecule has 1 N–H and O–H groups in total. The number of carboxylic acids is 1. The average molecular weight is 352 g/mol. The van der Waals surface area contributed by atoms with E-state index in [1.54, 1.807) is 7.11 Å². The standard InChI is InChI=1S/C19H32N2O4/c1-25-9-5-8-20-11-16-12-21(14-19(16,13-20)18(23)24)17(22)10-15-6-3-2-4-7-15/h15-16H,2-14H2,1H3,(H,23,24)/t16-,19-/m0/s1. The Morgan fingerprint density at radius 2 is 1.92 bits per heavy atom. The molecule has 0 aromatic carbocycles. The van der Waals surface area contributed by atoms with Crippen LogP contribution in [0, 0.1) is 17.3 Å². The molecule has 2 heterocycles. The van der Waals surface area contributed by atoms with Gasteiger partial charge in [-0.05, 0) is 25.2 Å². The zero-order valence-electron chi connectivity index (χ0n) is 15.4. The quantitative estimate of drug-likeness (QED) is 0.708. The number of ether oxygens (including phenoxy) is 1. The minimum absolute atomic E-state index is 0.0582. The Morgan fingerprint density at radius 1 is 1.16 bits per heavy atom. The highest BCUT2D eigenvalue weighted by molar-refractivity contribution is 5.81. The van der Waals surface area contributed by atoms with E-state index in [9.17, 15) is 14.7 Å². The Hall–Kier alpha value is -1.14. The van der Waals surface area contributed by atoms with Crippen LogP contribution in [-0.2, 0) is 14.3 Å². The number of nitrogens with zero attached hydrogens (tertiary/aromatic N) is 2. The smallest absolute Gasteiger partial charge is 0.313 e. The molecule has 3 fully saturated rings. The van der Waals surface area contributed by atoms with E-state index >= 15 is 0 Å². The Balaban J connectivity index is 1.57. The molecule has 1 amide bonds. The van der Waals surface area contributed by atoms with E-state index in [4.69, 9.17) is 4.74 Å². The summed E-state index contributed by atoms with van der Waals surface area (Å²) < 4.78 is 5.09. The van der Waals surface area contributed by atoms with Gasteiger partial charge in [0.2, 0.25) is 5.91 Å². The van der Waals surface area contributed by atoms with Gasteiger partial charge in [0.25, 0.3) is 0 Å². The summed E-state index contributed by atoms with van der Waals surface area (Å²) in [6.07, 6.45) is 7.59. The monoisotopic (exact) mass is 352 g/mol. The third-order valence-corrected chi connectivity index (χ3v) is 6.47. The molecule has 6 heteroatoms. The second-order valence-corrected chi connectivity index (χ2v) is 8.22. The molecule has 0 unspecified atom stereocenters. The van der Waals surface area contributed by atoms with E-state index in [2.05, 4.69) is 4.90 Å². The topological polar surface area (TPSA) is 70.1 Å². The normalized spacial score (nSPS) is 30.6. The summed E-state index contributed by atoms with van der Waals surface area (Å²) in [5, 5.41) is 9.90. The van der Waals surface area contributed by atoms with E-state index in [1.165, 1.54) is 19.3 Å². The molecule has 1 saturated carbocycles. The predicted molar refractivity (Wildman–Crippen MR) is 94.3 cm³/mol. The molecule has 2 saturated heterocycles. The van der Waals surface area contributed by atoms with E-state index in [1.807, 2.05) is 4.90 Å². The number of likely N-dealkylation sites (tertiary alicyclic amines) is 2. The SMILES string of the molecule is COCCCN1C[C@H]2CN(C(=O)CC3CCCCC3)C[C@@]2(C(=O)O)C1. The third-order valence-electron chi connectivity index (χ3n) is 6.47. The first-order valence-electron chi connectivity index (χ1n) is 9.77. The maximum absolute atomic E-state index is 12.7. The molecule has 3 rings (SSSR count). The van der Waals surface area contributed by atoms with Crippen LogP contribution >= 0.6 is 0 Å². The summed E-state index contributed by atoms with van der Waals surface area (Å²) in [6, 6.07) is 0. The second kappa shape index (κ2) is 8.04. The van der Waals surface area contributed by atoms with Crippen LogP contribution in [0.25, 0.3) is 0 Å². The van der Waals surface area contributed by atoms with Gasteiger partial charge in [-0.25, -0.2) is 0 Å². The van der Waals surface area contributed by atoms with Gasteiger partial charge in [-0.1, -0.05) is 19.3 Å². The summed E-state index contributed by atoms with van der Waals surface area (Å²) in [7, 11) is 1.69. The molecule has 3 aliphatic rings. The minimum Gasteiger partial charge on any atom is -0.481 e. The van der Waals surface area contributed by atoms with E-state index in [0.29, 0.717) is 38.6 Å². The van der Waals surface area contributed by atoms with Crippen molar-refractivity contribution in [1.82, 2.24) is 9.80 Å². The number of carbonyl (C=O) groups excluding carboxylic acids is 1. The zero-order valence-corrected chi connectivity index (χ0v) is 15.4. The third kappa shape index (κ3) is 4.00. The number of carboxylic acid groups (broad SMARTS) is 1. The zero-order chi connectivity index (χ0) is 17.9. The molecular weight excluding hydrogens is 320 g/mol. The van der Waals surface area contributed by atoms with Crippen molar-refractivity contribution >= 4 is 11.9 Å². The number of aliphatic carboxylic acids is 1. The molecule has 2 aliphatic heterocycles. The summed E-state index contributed by atoms with van der Waals surface area (Å²) >= 11 is 0. The molecule has 142 valence electrons. The molecule has 2 atom stereocenters. The summed E-state index contributed by atoms with van der Waals surface area (Å²) in [4.78, 5) is 28.8. The first-order valence-corrected chi connectivity index (χ1v) is 9.77. The van der Waals surface area contributed by atoms with Crippen LogP contribution in [0.4, 0.5) is 0 Å². The van der Waals surface area contributed by atoms with Crippen molar-refractivity contribution in [2.24, 2.45) is 17.3 Å². The Morgan fingerprint density at radius 3 is 2.56 bits per heavy atom. The molecule has 6 nitrogen and oxygen atoms in total. The number of fused-ring (bicyclic) bond motifs is 1. The molecule has 0 spiro atoms. The van der Waals surface area contributed by atoms with Crippen LogP contribution in [0.2, 0.25) is 0 Å². The van der Waals surface area contributed by atoms with Crippen molar-refractivity contribution in [3.05, 3.63) is 0 Å². The number of hydrogen-bond acceptors (Lipinski definition) is 4. The van der Waals surface area contributed by atoms with Crippen LogP contribution in [0.5, 0.6) is 0 Å². The second-order valence-electron chi connectivity index (χ2n) is 8.22. The number of hydrogen-bond donors (Lipinski definition) is 1. The van der Waals surface area contributed by atoms with Crippen LogP contribution < -0.4 is 0 Å². The van der Waals surface area contributed by atoms with Crippen LogP contribution in [0.15, 0.2) is 0 Å². The molecular formula is C19H32N2O4. The van der Waals surface area contributed by atoms with Crippen molar-refractivity contribution in [2.45, 2.75) is 44.9 Å². The first-order chi connectivity index (χ1) is 12.0. The van der Waals surface area contributed by atoms with Gasteiger partial charge in [0.1, 0.15) is 5.41 Å². The largest absolute Gasteiger partial charge is 0.481 e. The minimum atomic E-state index is -0.769. The summed E-state index contributed by atoms with van der Waals surface area (Å²) in [5.41, 5.74) is -0.769. The lowest BCUT2D eigenvalue weighted by Gasteiger charge is -2.27. The van der Waals surface area contributed by atoms with Crippen LogP contribution in [0.3, 0.4) is 0 Å². The molecule has 0 aromatic heterocycles. The molecule has 0 bridgehead atoms. The Bertz CT molecular complexity index is 492. The lowest BCUT2D eigenvalue weighted by Crippen LogP contribution is -2.42. The fourth-order valence-corrected chi connectivity index (χ4v) is 5.03. The Kier molecular flexibility index (Phi) is 6.00. The van der Waals surface area contributed by atoms with E-state index in [-0.39, 0.29) is 11.8 Å². The van der Waals surface area contributed by atoms with E-state index in [0.717, 1.165) is 32.4 Å². The maximum Gasteiger partial charge on any atom is 0.313 e. The van der Waals surface area contributed by atoms with Gasteiger partial charge in [-0.2, -0.15) is 0 Å². The summed E-state index contributed by atoms with van der Waals surface area (Å²) in [5.74, 6) is 0.00317. The van der Waals surface area contributed by atoms with Crippen molar-refractivity contribution in [2.75, 3.05) is 46.4 Å². The van der Waals surface area contributed by atoms with Gasteiger partial charge in [-0.3, -0.25) is 9.59 Å². The van der Waals surface area contributed by atoms with Crippen molar-refractivity contribution in [1.29, 1.82) is 0 Å². The molecule has 0 radical (unpaired) electrons. The van der Waals surface area contributed by atoms with Gasteiger partial charge in [0.05, 0.1) is 0 Å². The Labute approximate surface area is 150 Å². The van der Waals surface area contributed by atoms with Gasteiger partial charge in [-0.15, -0.1) is 0 Å². The van der Waals surface area contributed by atoms with Gasteiger partial charge in [0.15, 0.2) is 0 Å². The fraction of sp³-hybridized carbons (Fsp3) is 0.895. The van der Waals surface area contributed by atoms with Gasteiger partial charge in [0, 0.05) is 58.8 Å². The highest BCUT2D eigenvalue weighted by atomic mass is 16.5. The number of rotatable bonds is 7. The van der Waals surface area contributed by atoms with Gasteiger partial charge < -0.3 is 19.6 Å². The lowest BCUT2D eigenvalue weighted by molar-refractivity contribution is -0.149. The van der Waals surface area contributed by atoms with E-state index < -0.39 is 11.4 Å². The maximum atomic E-state index is 12.7. The van der Waals surface area contributed by atoms with Gasteiger partial charge >= 0.3 is 5.97 Å².